The maximum atomic E-state index is 13.8. The molecule has 2 rings (SSSR count). The Labute approximate surface area is 173 Å². The monoisotopic (exact) mass is 427 g/mol. The maximum absolute atomic E-state index is 13.8. The minimum Gasteiger partial charge on any atom is -0.494 e. The average molecular weight is 427 g/mol. The molecule has 30 heavy (non-hydrogen) atoms. The molecule has 0 saturated carbocycles. The molecule has 0 aliphatic heterocycles. The Bertz CT molecular complexity index is 824. The predicted octanol–water partition coefficient (Wildman–Crippen LogP) is 4.17. The summed E-state index contributed by atoms with van der Waals surface area (Å²) in [5, 5.41) is 6.27. The third kappa shape index (κ3) is 8.28. The smallest absolute Gasteiger partial charge is 0.411 e. The number of nitrogens with one attached hydrogen (secondary N) is 2. The van der Waals surface area contributed by atoms with E-state index in [2.05, 4.69) is 20.4 Å². The molecule has 164 valence electrons. The molecule has 0 aliphatic carbocycles. The molecule has 2 aromatic rings. The normalized spacial score (nSPS) is 12.0. The second-order valence-electron chi connectivity index (χ2n) is 6.44. The fourth-order valence-electron chi connectivity index (χ4n) is 2.54. The first-order valence-corrected chi connectivity index (χ1v) is 9.37. The van der Waals surface area contributed by atoms with Crippen molar-refractivity contribution in [3.05, 3.63) is 65.0 Å². The molecule has 0 atom stereocenters. The average Bonchev–Trinajstić information content (AvgIpc) is 2.70. The van der Waals surface area contributed by atoms with Crippen LogP contribution in [0.15, 0.2) is 47.5 Å². The summed E-state index contributed by atoms with van der Waals surface area (Å²) in [5.74, 6) is 0.300. The van der Waals surface area contributed by atoms with Gasteiger partial charge in [0.25, 0.3) is 0 Å². The molecule has 9 heteroatoms. The highest BCUT2D eigenvalue weighted by Crippen LogP contribution is 2.18. The molecule has 0 heterocycles. The van der Waals surface area contributed by atoms with Gasteiger partial charge in [-0.2, -0.15) is 13.2 Å². The zero-order chi connectivity index (χ0) is 22.0. The van der Waals surface area contributed by atoms with Gasteiger partial charge in [-0.3, -0.25) is 0 Å². The van der Waals surface area contributed by atoms with Crippen molar-refractivity contribution in [1.29, 1.82) is 0 Å². The molecule has 0 bridgehead atoms. The summed E-state index contributed by atoms with van der Waals surface area (Å²) >= 11 is 0. The van der Waals surface area contributed by atoms with E-state index in [1.165, 1.54) is 13.2 Å². The highest BCUT2D eigenvalue weighted by molar-refractivity contribution is 5.79. The third-order valence-corrected chi connectivity index (χ3v) is 4.00. The zero-order valence-electron chi connectivity index (χ0n) is 16.9. The molecule has 0 saturated heterocycles. The Morgan fingerprint density at radius 1 is 1.00 bits per heavy atom. The SMILES string of the molecule is CCNC(=NCc1ccc(OC)c(F)c1)NCc1ccc(COCC(F)(F)F)cc1. The molecule has 0 amide bonds. The second kappa shape index (κ2) is 11.4. The van der Waals surface area contributed by atoms with E-state index in [1.807, 2.05) is 19.1 Å². The first kappa shape index (κ1) is 23.5. The van der Waals surface area contributed by atoms with Gasteiger partial charge in [-0.25, -0.2) is 9.38 Å². The van der Waals surface area contributed by atoms with E-state index in [4.69, 9.17) is 4.74 Å². The molecular formula is C21H25F4N3O2. The van der Waals surface area contributed by atoms with E-state index in [-0.39, 0.29) is 18.9 Å². The van der Waals surface area contributed by atoms with E-state index in [1.54, 1.807) is 24.3 Å². The van der Waals surface area contributed by atoms with Gasteiger partial charge < -0.3 is 20.1 Å². The molecular weight excluding hydrogens is 402 g/mol. The number of hydrogen-bond acceptors (Lipinski definition) is 3. The van der Waals surface area contributed by atoms with Crippen molar-refractivity contribution in [2.75, 3.05) is 20.3 Å². The van der Waals surface area contributed by atoms with Crippen molar-refractivity contribution in [3.63, 3.8) is 0 Å². The number of methoxy groups -OCH3 is 1. The summed E-state index contributed by atoms with van der Waals surface area (Å²) in [5.41, 5.74) is 2.29. The second-order valence-corrected chi connectivity index (χ2v) is 6.44. The van der Waals surface area contributed by atoms with Crippen LogP contribution in [0.1, 0.15) is 23.6 Å². The lowest BCUT2D eigenvalue weighted by Crippen LogP contribution is -2.36. The number of guanidine groups is 1. The van der Waals surface area contributed by atoms with Gasteiger partial charge in [0.2, 0.25) is 0 Å². The van der Waals surface area contributed by atoms with Crippen LogP contribution in [0.2, 0.25) is 0 Å². The lowest BCUT2D eigenvalue weighted by atomic mass is 10.1. The van der Waals surface area contributed by atoms with Crippen LogP contribution in [0.4, 0.5) is 17.6 Å². The highest BCUT2D eigenvalue weighted by atomic mass is 19.4. The molecule has 0 radical (unpaired) electrons. The van der Waals surface area contributed by atoms with Gasteiger partial charge in [-0.1, -0.05) is 30.3 Å². The van der Waals surface area contributed by atoms with Crippen molar-refractivity contribution >= 4 is 5.96 Å². The summed E-state index contributed by atoms with van der Waals surface area (Å²) in [6.07, 6.45) is -4.33. The lowest BCUT2D eigenvalue weighted by Gasteiger charge is -2.12. The minimum atomic E-state index is -4.33. The van der Waals surface area contributed by atoms with Gasteiger partial charge in [0, 0.05) is 13.1 Å². The maximum Gasteiger partial charge on any atom is 0.411 e. The van der Waals surface area contributed by atoms with Crippen LogP contribution in [0.3, 0.4) is 0 Å². The summed E-state index contributed by atoms with van der Waals surface area (Å²) in [7, 11) is 1.41. The number of aliphatic imine (C=N–C) groups is 1. The number of benzene rings is 2. The molecule has 0 aliphatic rings. The van der Waals surface area contributed by atoms with E-state index >= 15 is 0 Å². The minimum absolute atomic E-state index is 0.101. The van der Waals surface area contributed by atoms with Crippen molar-refractivity contribution in [2.24, 2.45) is 4.99 Å². The van der Waals surface area contributed by atoms with Gasteiger partial charge in [0.05, 0.1) is 20.3 Å². The van der Waals surface area contributed by atoms with E-state index in [9.17, 15) is 17.6 Å². The first-order valence-electron chi connectivity index (χ1n) is 9.37. The Balaban J connectivity index is 1.89. The van der Waals surface area contributed by atoms with Gasteiger partial charge in [-0.15, -0.1) is 0 Å². The van der Waals surface area contributed by atoms with Crippen LogP contribution < -0.4 is 15.4 Å². The standard InChI is InChI=1S/C21H25F4N3O2/c1-3-26-20(28-12-17-8-9-19(29-2)18(22)10-17)27-11-15-4-6-16(7-5-15)13-30-14-21(23,24)25/h4-10H,3,11-14H2,1-2H3,(H2,26,27,28). The summed E-state index contributed by atoms with van der Waals surface area (Å²) in [6.45, 7) is 1.96. The van der Waals surface area contributed by atoms with Crippen LogP contribution in [0, 0.1) is 5.82 Å². The van der Waals surface area contributed by atoms with E-state index in [0.29, 0.717) is 30.2 Å². The highest BCUT2D eigenvalue weighted by Gasteiger charge is 2.27. The summed E-state index contributed by atoms with van der Waals surface area (Å²) < 4.78 is 59.7. The van der Waals surface area contributed by atoms with Gasteiger partial charge in [0.1, 0.15) is 6.61 Å². The van der Waals surface area contributed by atoms with Gasteiger partial charge >= 0.3 is 6.18 Å². The number of ether oxygens (including phenoxy) is 2. The quantitative estimate of drug-likeness (QED) is 0.358. The fraction of sp³-hybridized carbons (Fsp3) is 0.381. The Morgan fingerprint density at radius 2 is 1.67 bits per heavy atom. The molecule has 0 unspecified atom stereocenters. The van der Waals surface area contributed by atoms with Crippen molar-refractivity contribution in [1.82, 2.24) is 10.6 Å². The first-order chi connectivity index (χ1) is 14.3. The van der Waals surface area contributed by atoms with E-state index < -0.39 is 18.6 Å². The third-order valence-electron chi connectivity index (χ3n) is 4.00. The number of halogens is 4. The van der Waals surface area contributed by atoms with E-state index in [0.717, 1.165) is 5.56 Å². The van der Waals surface area contributed by atoms with Crippen LogP contribution in [0.5, 0.6) is 5.75 Å². The Hall–Kier alpha value is -2.81. The van der Waals surface area contributed by atoms with Crippen LogP contribution in [0.25, 0.3) is 0 Å². The van der Waals surface area contributed by atoms with Crippen LogP contribution >= 0.6 is 0 Å². The molecule has 0 fully saturated rings. The zero-order valence-corrected chi connectivity index (χ0v) is 16.9. The lowest BCUT2D eigenvalue weighted by molar-refractivity contribution is -0.176. The largest absolute Gasteiger partial charge is 0.494 e. The number of hydrogen-bond donors (Lipinski definition) is 2. The number of nitrogens with zero attached hydrogens (tertiary/aromatic N) is 1. The van der Waals surface area contributed by atoms with Crippen molar-refractivity contribution < 1.29 is 27.0 Å². The van der Waals surface area contributed by atoms with Crippen molar-refractivity contribution in [3.8, 4) is 5.75 Å². The van der Waals surface area contributed by atoms with Crippen LogP contribution in [-0.4, -0.2) is 32.4 Å². The summed E-state index contributed by atoms with van der Waals surface area (Å²) in [6, 6.07) is 11.7. The topological polar surface area (TPSA) is 54.9 Å². The van der Waals surface area contributed by atoms with Gasteiger partial charge in [-0.05, 0) is 35.7 Å². The molecule has 5 nitrogen and oxygen atoms in total. The fourth-order valence-corrected chi connectivity index (χ4v) is 2.54. The van der Waals surface area contributed by atoms with Crippen LogP contribution in [-0.2, 0) is 24.4 Å². The summed E-state index contributed by atoms with van der Waals surface area (Å²) in [4.78, 5) is 4.44. The number of alkyl halides is 3. The molecule has 2 N–H and O–H groups in total. The van der Waals surface area contributed by atoms with Crippen molar-refractivity contribution in [2.45, 2.75) is 32.8 Å². The molecule has 0 spiro atoms. The Morgan fingerprint density at radius 3 is 2.27 bits per heavy atom. The Kier molecular flexibility index (Phi) is 8.91. The predicted molar refractivity (Wildman–Crippen MR) is 107 cm³/mol. The molecule has 2 aromatic carbocycles. The molecule has 0 aromatic heterocycles. The van der Waals surface area contributed by atoms with Gasteiger partial charge in [0.15, 0.2) is 17.5 Å². The number of rotatable bonds is 9.